The van der Waals surface area contributed by atoms with Crippen molar-refractivity contribution in [2.45, 2.75) is 6.92 Å². The molecule has 0 spiro atoms. The number of morpholine rings is 1. The van der Waals surface area contributed by atoms with Gasteiger partial charge in [-0.1, -0.05) is 48.0 Å². The van der Waals surface area contributed by atoms with E-state index in [-0.39, 0.29) is 11.9 Å². The Kier molecular flexibility index (Phi) is 5.81. The van der Waals surface area contributed by atoms with Crippen LogP contribution in [0.15, 0.2) is 54.6 Å². The highest BCUT2D eigenvalue weighted by Gasteiger charge is 2.18. The summed E-state index contributed by atoms with van der Waals surface area (Å²) in [6.07, 6.45) is 2.92. The van der Waals surface area contributed by atoms with Gasteiger partial charge in [0.1, 0.15) is 5.75 Å². The number of allylic oxidation sites excluding steroid dienone is 1. The molecule has 26 heavy (non-hydrogen) atoms. The molecule has 0 aromatic heterocycles. The molecule has 3 rings (SSSR count). The largest absolute Gasteiger partial charge is 0.415 e. The Hall–Kier alpha value is -2.92. The van der Waals surface area contributed by atoms with Crippen molar-refractivity contribution in [1.29, 1.82) is 0 Å². The van der Waals surface area contributed by atoms with Crippen LogP contribution in [0.5, 0.6) is 5.75 Å². The molecule has 5 heteroatoms. The van der Waals surface area contributed by atoms with Crippen LogP contribution in [-0.4, -0.2) is 43.1 Å². The Bertz CT molecular complexity index is 788. The molecule has 1 aliphatic rings. The molecule has 0 bridgehead atoms. The standard InChI is InChI=1S/C21H21NO4/c1-16-2-7-18(8-3-16)20(23)11-6-17-4-9-19(10-5-17)26-21(24)22-12-14-25-15-13-22/h2-11H,12-15H2,1H3. The molecule has 0 radical (unpaired) electrons. The van der Waals surface area contributed by atoms with Gasteiger partial charge in [0.05, 0.1) is 13.2 Å². The fourth-order valence-corrected chi connectivity index (χ4v) is 2.54. The Morgan fingerprint density at radius 3 is 2.31 bits per heavy atom. The Morgan fingerprint density at radius 2 is 1.65 bits per heavy atom. The summed E-state index contributed by atoms with van der Waals surface area (Å²) in [5, 5.41) is 0. The van der Waals surface area contributed by atoms with Gasteiger partial charge in [0.2, 0.25) is 0 Å². The van der Waals surface area contributed by atoms with E-state index in [1.54, 1.807) is 41.3 Å². The molecule has 2 aromatic carbocycles. The predicted octanol–water partition coefficient (Wildman–Crippen LogP) is 3.72. The van der Waals surface area contributed by atoms with E-state index in [4.69, 9.17) is 9.47 Å². The van der Waals surface area contributed by atoms with Crippen molar-refractivity contribution >= 4 is 18.0 Å². The van der Waals surface area contributed by atoms with E-state index in [1.807, 2.05) is 31.2 Å². The minimum Gasteiger partial charge on any atom is -0.410 e. The van der Waals surface area contributed by atoms with Crippen LogP contribution in [0.1, 0.15) is 21.5 Å². The Morgan fingerprint density at radius 1 is 1.00 bits per heavy atom. The number of amides is 1. The minimum atomic E-state index is -0.369. The van der Waals surface area contributed by atoms with Crippen LogP contribution in [-0.2, 0) is 4.74 Å². The van der Waals surface area contributed by atoms with E-state index in [9.17, 15) is 9.59 Å². The zero-order valence-electron chi connectivity index (χ0n) is 14.7. The number of rotatable bonds is 4. The molecule has 134 valence electrons. The summed E-state index contributed by atoms with van der Waals surface area (Å²) < 4.78 is 10.6. The molecule has 0 unspecified atom stereocenters. The molecule has 1 saturated heterocycles. The lowest BCUT2D eigenvalue weighted by atomic mass is 10.1. The lowest BCUT2D eigenvalue weighted by molar-refractivity contribution is 0.0416. The molecule has 1 heterocycles. The van der Waals surface area contributed by atoms with Crippen molar-refractivity contribution in [3.05, 3.63) is 71.3 Å². The van der Waals surface area contributed by atoms with Gasteiger partial charge in [-0.3, -0.25) is 4.79 Å². The lowest BCUT2D eigenvalue weighted by Gasteiger charge is -2.25. The number of ether oxygens (including phenoxy) is 2. The van der Waals surface area contributed by atoms with Crippen LogP contribution in [0.2, 0.25) is 0 Å². The van der Waals surface area contributed by atoms with Crippen LogP contribution in [0.4, 0.5) is 4.79 Å². The SMILES string of the molecule is Cc1ccc(C(=O)C=Cc2ccc(OC(=O)N3CCOCC3)cc2)cc1. The number of nitrogens with zero attached hydrogens (tertiary/aromatic N) is 1. The number of hydrogen-bond acceptors (Lipinski definition) is 4. The molecule has 0 saturated carbocycles. The van der Waals surface area contributed by atoms with Gasteiger partial charge < -0.3 is 14.4 Å². The van der Waals surface area contributed by atoms with Crippen LogP contribution < -0.4 is 4.74 Å². The third-order valence-corrected chi connectivity index (χ3v) is 4.12. The molecule has 2 aromatic rings. The fraction of sp³-hybridized carbons (Fsp3) is 0.238. The number of carbonyl (C=O) groups excluding carboxylic acids is 2. The van der Waals surface area contributed by atoms with Crippen molar-refractivity contribution in [3.8, 4) is 5.75 Å². The van der Waals surface area contributed by atoms with E-state index in [2.05, 4.69) is 0 Å². The first kappa shape index (κ1) is 17.9. The average Bonchev–Trinajstić information content (AvgIpc) is 2.68. The van der Waals surface area contributed by atoms with Gasteiger partial charge in [-0.15, -0.1) is 0 Å². The van der Waals surface area contributed by atoms with Crippen LogP contribution in [0.25, 0.3) is 6.08 Å². The Labute approximate surface area is 152 Å². The maximum atomic E-state index is 12.1. The molecule has 1 amide bonds. The lowest BCUT2D eigenvalue weighted by Crippen LogP contribution is -2.42. The third kappa shape index (κ3) is 4.80. The second-order valence-electron chi connectivity index (χ2n) is 6.10. The first-order valence-electron chi connectivity index (χ1n) is 8.55. The van der Waals surface area contributed by atoms with Crippen molar-refractivity contribution in [2.75, 3.05) is 26.3 Å². The van der Waals surface area contributed by atoms with E-state index in [0.717, 1.165) is 11.1 Å². The maximum absolute atomic E-state index is 12.1. The second-order valence-corrected chi connectivity index (χ2v) is 6.10. The normalized spacial score (nSPS) is 14.4. The van der Waals surface area contributed by atoms with Crippen molar-refractivity contribution in [2.24, 2.45) is 0 Å². The zero-order valence-corrected chi connectivity index (χ0v) is 14.7. The quantitative estimate of drug-likeness (QED) is 0.622. The van der Waals surface area contributed by atoms with Gasteiger partial charge in [-0.05, 0) is 30.7 Å². The maximum Gasteiger partial charge on any atom is 0.415 e. The van der Waals surface area contributed by atoms with E-state index < -0.39 is 0 Å². The van der Waals surface area contributed by atoms with Crippen molar-refractivity contribution in [3.63, 3.8) is 0 Å². The van der Waals surface area contributed by atoms with Gasteiger partial charge in [0, 0.05) is 18.7 Å². The highest BCUT2D eigenvalue weighted by atomic mass is 16.6. The summed E-state index contributed by atoms with van der Waals surface area (Å²) in [4.78, 5) is 25.8. The van der Waals surface area contributed by atoms with Gasteiger partial charge in [0.25, 0.3) is 0 Å². The van der Waals surface area contributed by atoms with Gasteiger partial charge in [0.15, 0.2) is 5.78 Å². The molecule has 1 fully saturated rings. The number of carbonyl (C=O) groups is 2. The van der Waals surface area contributed by atoms with Gasteiger partial charge in [-0.2, -0.15) is 0 Å². The third-order valence-electron chi connectivity index (χ3n) is 4.12. The molecule has 5 nitrogen and oxygen atoms in total. The molecule has 0 aliphatic carbocycles. The monoisotopic (exact) mass is 351 g/mol. The predicted molar refractivity (Wildman–Crippen MR) is 99.4 cm³/mol. The Balaban J connectivity index is 1.57. The first-order chi connectivity index (χ1) is 12.6. The smallest absolute Gasteiger partial charge is 0.410 e. The highest BCUT2D eigenvalue weighted by Crippen LogP contribution is 2.15. The minimum absolute atomic E-state index is 0.0483. The van der Waals surface area contributed by atoms with E-state index >= 15 is 0 Å². The number of hydrogen-bond donors (Lipinski definition) is 0. The number of ketones is 1. The van der Waals surface area contributed by atoms with E-state index in [0.29, 0.717) is 37.6 Å². The summed E-state index contributed by atoms with van der Waals surface area (Å²) >= 11 is 0. The molecule has 0 N–H and O–H groups in total. The van der Waals surface area contributed by atoms with Gasteiger partial charge in [-0.25, -0.2) is 4.79 Å². The first-order valence-corrected chi connectivity index (χ1v) is 8.55. The van der Waals surface area contributed by atoms with E-state index in [1.165, 1.54) is 0 Å². The van der Waals surface area contributed by atoms with Crippen molar-refractivity contribution < 1.29 is 19.1 Å². The summed E-state index contributed by atoms with van der Waals surface area (Å²) in [6.45, 7) is 4.14. The molecule has 0 atom stereocenters. The summed E-state index contributed by atoms with van der Waals surface area (Å²) in [5.74, 6) is 0.427. The number of benzene rings is 2. The molecular weight excluding hydrogens is 330 g/mol. The number of aryl methyl sites for hydroxylation is 1. The average molecular weight is 351 g/mol. The van der Waals surface area contributed by atoms with Crippen LogP contribution >= 0.6 is 0 Å². The molecule has 1 aliphatic heterocycles. The zero-order chi connectivity index (χ0) is 18.4. The summed E-state index contributed by atoms with van der Waals surface area (Å²) in [5.41, 5.74) is 2.63. The van der Waals surface area contributed by atoms with Crippen molar-refractivity contribution in [1.82, 2.24) is 4.90 Å². The molecular formula is C21H21NO4. The summed E-state index contributed by atoms with van der Waals surface area (Å²) in [6, 6.07) is 14.5. The summed E-state index contributed by atoms with van der Waals surface area (Å²) in [7, 11) is 0. The fourth-order valence-electron chi connectivity index (χ4n) is 2.54. The topological polar surface area (TPSA) is 55.8 Å². The highest BCUT2D eigenvalue weighted by molar-refractivity contribution is 6.06. The van der Waals surface area contributed by atoms with Gasteiger partial charge >= 0.3 is 6.09 Å². The van der Waals surface area contributed by atoms with Crippen LogP contribution in [0.3, 0.4) is 0 Å². The second kappa shape index (κ2) is 8.45. The van der Waals surface area contributed by atoms with Crippen LogP contribution in [0, 0.1) is 6.92 Å².